The van der Waals surface area contributed by atoms with Gasteiger partial charge in [-0.2, -0.15) is 0 Å². The van der Waals surface area contributed by atoms with E-state index < -0.39 is 0 Å². The minimum absolute atomic E-state index is 0.820. The molecule has 15 heavy (non-hydrogen) atoms. The van der Waals surface area contributed by atoms with Crippen molar-refractivity contribution in [3.63, 3.8) is 0 Å². The molecule has 3 nitrogen and oxygen atoms in total. The van der Waals surface area contributed by atoms with Crippen molar-refractivity contribution < 1.29 is 0 Å². The van der Waals surface area contributed by atoms with E-state index in [9.17, 15) is 0 Å². The Morgan fingerprint density at radius 2 is 2.13 bits per heavy atom. The molecule has 0 spiro atoms. The van der Waals surface area contributed by atoms with Crippen LogP contribution in [0.1, 0.15) is 52.1 Å². The van der Waals surface area contributed by atoms with E-state index in [1.165, 1.54) is 19.3 Å². The summed E-state index contributed by atoms with van der Waals surface area (Å²) in [5.41, 5.74) is 1.15. The molecule has 1 heterocycles. The van der Waals surface area contributed by atoms with E-state index in [4.69, 9.17) is 0 Å². The Morgan fingerprint density at radius 3 is 2.80 bits per heavy atom. The molecule has 0 saturated heterocycles. The predicted molar refractivity (Wildman–Crippen MR) is 62.7 cm³/mol. The molecule has 0 aliphatic rings. The Bertz CT molecular complexity index is 266. The van der Waals surface area contributed by atoms with Gasteiger partial charge in [0.05, 0.1) is 5.69 Å². The van der Waals surface area contributed by atoms with Crippen molar-refractivity contribution in [2.45, 2.75) is 59.4 Å². The van der Waals surface area contributed by atoms with Crippen LogP contribution in [0.3, 0.4) is 0 Å². The Morgan fingerprint density at radius 1 is 1.33 bits per heavy atom. The molecule has 0 radical (unpaired) electrons. The third-order valence-electron chi connectivity index (χ3n) is 2.50. The third kappa shape index (κ3) is 4.96. The summed E-state index contributed by atoms with van der Waals surface area (Å²) in [6, 6.07) is 0. The maximum atomic E-state index is 4.16. The Labute approximate surface area is 92.9 Å². The topological polar surface area (TPSA) is 30.7 Å². The largest absolute Gasteiger partial charge is 0.252 e. The molecule has 0 aliphatic carbocycles. The molecular formula is C12H23N3. The summed E-state index contributed by atoms with van der Waals surface area (Å²) >= 11 is 0. The van der Waals surface area contributed by atoms with Crippen LogP contribution in [-0.2, 0) is 13.0 Å². The highest BCUT2D eigenvalue weighted by atomic mass is 15.4. The molecule has 0 saturated carbocycles. The van der Waals surface area contributed by atoms with Gasteiger partial charge < -0.3 is 0 Å². The van der Waals surface area contributed by atoms with Crippen LogP contribution < -0.4 is 0 Å². The maximum absolute atomic E-state index is 4.16. The van der Waals surface area contributed by atoms with Crippen LogP contribution in [0.25, 0.3) is 0 Å². The van der Waals surface area contributed by atoms with Crippen molar-refractivity contribution in [2.24, 2.45) is 5.92 Å². The van der Waals surface area contributed by atoms with Gasteiger partial charge in [-0.15, -0.1) is 5.10 Å². The molecule has 86 valence electrons. The van der Waals surface area contributed by atoms with Gasteiger partial charge in [0.15, 0.2) is 0 Å². The minimum Gasteiger partial charge on any atom is -0.252 e. The number of rotatable bonds is 7. The maximum Gasteiger partial charge on any atom is 0.0827 e. The first kappa shape index (κ1) is 12.2. The lowest BCUT2D eigenvalue weighted by Crippen LogP contribution is -1.96. The van der Waals surface area contributed by atoms with Gasteiger partial charge in [-0.05, 0) is 25.2 Å². The lowest BCUT2D eigenvalue weighted by atomic mass is 10.0. The third-order valence-corrected chi connectivity index (χ3v) is 2.50. The molecule has 0 bridgehead atoms. The molecule has 0 aromatic carbocycles. The average Bonchev–Trinajstić information content (AvgIpc) is 2.61. The fourth-order valence-corrected chi connectivity index (χ4v) is 1.65. The number of nitrogens with zero attached hydrogens (tertiary/aromatic N) is 3. The minimum atomic E-state index is 0.820. The first-order valence-electron chi connectivity index (χ1n) is 6.11. The average molecular weight is 209 g/mol. The van der Waals surface area contributed by atoms with Crippen molar-refractivity contribution >= 4 is 0 Å². The molecule has 3 heteroatoms. The van der Waals surface area contributed by atoms with Crippen LogP contribution in [-0.4, -0.2) is 15.0 Å². The van der Waals surface area contributed by atoms with Crippen molar-refractivity contribution in [1.29, 1.82) is 0 Å². The lowest BCUT2D eigenvalue weighted by Gasteiger charge is -2.02. The highest BCUT2D eigenvalue weighted by Crippen LogP contribution is 2.09. The first-order chi connectivity index (χ1) is 7.22. The van der Waals surface area contributed by atoms with Gasteiger partial charge in [-0.25, -0.2) is 0 Å². The van der Waals surface area contributed by atoms with E-state index in [1.807, 2.05) is 4.68 Å². The summed E-state index contributed by atoms with van der Waals surface area (Å²) < 4.78 is 1.94. The van der Waals surface area contributed by atoms with Gasteiger partial charge in [0.2, 0.25) is 0 Å². The van der Waals surface area contributed by atoms with Crippen molar-refractivity contribution in [3.8, 4) is 0 Å². The Balaban J connectivity index is 2.19. The van der Waals surface area contributed by atoms with E-state index >= 15 is 0 Å². The molecule has 0 fully saturated rings. The monoisotopic (exact) mass is 209 g/mol. The molecule has 0 atom stereocenters. The molecule has 1 aromatic heterocycles. The zero-order valence-electron chi connectivity index (χ0n) is 10.2. The van der Waals surface area contributed by atoms with Crippen molar-refractivity contribution in [2.75, 3.05) is 0 Å². The second-order valence-electron chi connectivity index (χ2n) is 4.61. The number of hydrogen-bond acceptors (Lipinski definition) is 2. The second-order valence-corrected chi connectivity index (χ2v) is 4.61. The molecule has 1 rings (SSSR count). The summed E-state index contributed by atoms with van der Waals surface area (Å²) in [6.07, 6.45) is 8.15. The van der Waals surface area contributed by atoms with E-state index in [0.29, 0.717) is 0 Å². The number of hydrogen-bond donors (Lipinski definition) is 0. The number of aryl methyl sites for hydroxylation is 2. The molecule has 0 amide bonds. The van der Waals surface area contributed by atoms with Crippen LogP contribution >= 0.6 is 0 Å². The Kier molecular flexibility index (Phi) is 5.37. The summed E-state index contributed by atoms with van der Waals surface area (Å²) in [6.45, 7) is 7.69. The molecule has 0 N–H and O–H groups in total. The number of aromatic nitrogens is 3. The second kappa shape index (κ2) is 6.59. The Hall–Kier alpha value is -0.860. The predicted octanol–water partition coefficient (Wildman–Crippen LogP) is 3.06. The van der Waals surface area contributed by atoms with Crippen LogP contribution in [0, 0.1) is 5.92 Å². The quantitative estimate of drug-likeness (QED) is 0.646. The zero-order chi connectivity index (χ0) is 11.1. The van der Waals surface area contributed by atoms with Crippen molar-refractivity contribution in [3.05, 3.63) is 11.9 Å². The van der Waals surface area contributed by atoms with Gasteiger partial charge in [0.1, 0.15) is 0 Å². The number of unbranched alkanes of at least 4 members (excludes halogenated alkanes) is 1. The highest BCUT2D eigenvalue weighted by molar-refractivity contribution is 4.92. The van der Waals surface area contributed by atoms with E-state index in [2.05, 4.69) is 37.3 Å². The SMILES string of the molecule is CCCn1cc(CCCCC(C)C)nn1. The van der Waals surface area contributed by atoms with Gasteiger partial charge >= 0.3 is 0 Å². The molecule has 1 aromatic rings. The van der Waals surface area contributed by atoms with Crippen LogP contribution in [0.5, 0.6) is 0 Å². The van der Waals surface area contributed by atoms with Gasteiger partial charge in [-0.1, -0.05) is 38.8 Å². The summed E-state index contributed by atoms with van der Waals surface area (Å²) in [5.74, 6) is 0.820. The van der Waals surface area contributed by atoms with Crippen LogP contribution in [0.15, 0.2) is 6.20 Å². The van der Waals surface area contributed by atoms with E-state index in [0.717, 1.165) is 31.0 Å². The summed E-state index contributed by atoms with van der Waals surface area (Å²) in [4.78, 5) is 0. The molecule has 0 aliphatic heterocycles. The first-order valence-corrected chi connectivity index (χ1v) is 6.11. The molecule has 0 unspecified atom stereocenters. The summed E-state index contributed by atoms with van der Waals surface area (Å²) in [7, 11) is 0. The smallest absolute Gasteiger partial charge is 0.0827 e. The summed E-state index contributed by atoms with van der Waals surface area (Å²) in [5, 5.41) is 8.25. The fraction of sp³-hybridized carbons (Fsp3) is 0.833. The zero-order valence-corrected chi connectivity index (χ0v) is 10.2. The van der Waals surface area contributed by atoms with E-state index in [1.54, 1.807) is 0 Å². The van der Waals surface area contributed by atoms with Crippen LogP contribution in [0.2, 0.25) is 0 Å². The molecular weight excluding hydrogens is 186 g/mol. The van der Waals surface area contributed by atoms with Gasteiger partial charge in [-0.3, -0.25) is 4.68 Å². The normalized spacial score (nSPS) is 11.2. The standard InChI is InChI=1S/C12H23N3/c1-4-9-15-10-12(13-14-15)8-6-5-7-11(2)3/h10-11H,4-9H2,1-3H3. The lowest BCUT2D eigenvalue weighted by molar-refractivity contribution is 0.536. The highest BCUT2D eigenvalue weighted by Gasteiger charge is 2.00. The van der Waals surface area contributed by atoms with E-state index in [-0.39, 0.29) is 0 Å². The van der Waals surface area contributed by atoms with Gasteiger partial charge in [0, 0.05) is 12.7 Å². The van der Waals surface area contributed by atoms with Crippen LogP contribution in [0.4, 0.5) is 0 Å². The fourth-order valence-electron chi connectivity index (χ4n) is 1.65. The van der Waals surface area contributed by atoms with Crippen molar-refractivity contribution in [1.82, 2.24) is 15.0 Å². The van der Waals surface area contributed by atoms with Gasteiger partial charge in [0.25, 0.3) is 0 Å².